The first kappa shape index (κ1) is 17.9. The van der Waals surface area contributed by atoms with Crippen LogP contribution in [0.25, 0.3) is 0 Å². The van der Waals surface area contributed by atoms with Gasteiger partial charge in [-0.2, -0.15) is 4.98 Å². The molecule has 0 atom stereocenters. The normalized spacial score (nSPS) is 24.0. The summed E-state index contributed by atoms with van der Waals surface area (Å²) < 4.78 is 5.41. The van der Waals surface area contributed by atoms with Crippen LogP contribution >= 0.6 is 0 Å². The summed E-state index contributed by atoms with van der Waals surface area (Å²) in [5.41, 5.74) is 5.71. The fraction of sp³-hybridized carbons (Fsp3) is 0.722. The van der Waals surface area contributed by atoms with Crippen molar-refractivity contribution in [3.63, 3.8) is 0 Å². The number of hydrogen-bond acceptors (Lipinski definition) is 6. The predicted molar refractivity (Wildman–Crippen MR) is 97.7 cm³/mol. The number of carbonyl (C=O) groups excluding carboxylic acids is 1. The first-order valence-corrected chi connectivity index (χ1v) is 9.13. The first-order valence-electron chi connectivity index (χ1n) is 9.13. The zero-order chi connectivity index (χ0) is 18.0. The SMILES string of the molecule is CO[C@H]1CC[C@H](Nc2ncc(C(N)=O)c(NC(C)(C)C3CC3)n2)CC1. The Morgan fingerprint density at radius 2 is 1.92 bits per heavy atom. The number of nitrogens with zero attached hydrogens (tertiary/aromatic N) is 2. The lowest BCUT2D eigenvalue weighted by molar-refractivity contribution is 0.0681. The van der Waals surface area contributed by atoms with Gasteiger partial charge in [0, 0.05) is 24.9 Å². The maximum atomic E-state index is 11.7. The fourth-order valence-corrected chi connectivity index (χ4v) is 3.56. The maximum absolute atomic E-state index is 11.7. The van der Waals surface area contributed by atoms with Crippen LogP contribution in [0, 0.1) is 5.92 Å². The van der Waals surface area contributed by atoms with Gasteiger partial charge in [0.1, 0.15) is 5.82 Å². The van der Waals surface area contributed by atoms with E-state index in [-0.39, 0.29) is 5.54 Å². The van der Waals surface area contributed by atoms with E-state index in [1.165, 1.54) is 19.0 Å². The molecule has 0 aromatic carbocycles. The third-order valence-electron chi connectivity index (χ3n) is 5.43. The van der Waals surface area contributed by atoms with Gasteiger partial charge < -0.3 is 21.1 Å². The van der Waals surface area contributed by atoms with Crippen molar-refractivity contribution in [1.82, 2.24) is 9.97 Å². The van der Waals surface area contributed by atoms with Gasteiger partial charge in [0.25, 0.3) is 5.91 Å². The molecule has 1 aromatic heterocycles. The van der Waals surface area contributed by atoms with Crippen LogP contribution in [0.1, 0.15) is 62.7 Å². The number of anilines is 2. The lowest BCUT2D eigenvalue weighted by Gasteiger charge is -2.29. The first-order chi connectivity index (χ1) is 11.9. The number of methoxy groups -OCH3 is 1. The summed E-state index contributed by atoms with van der Waals surface area (Å²) in [5.74, 6) is 1.15. The Hall–Kier alpha value is -1.89. The Bertz CT molecular complexity index is 622. The molecule has 1 heterocycles. The predicted octanol–water partition coefficient (Wildman–Crippen LogP) is 2.55. The van der Waals surface area contributed by atoms with Crippen LogP contribution in [0.3, 0.4) is 0 Å². The average Bonchev–Trinajstić information content (AvgIpc) is 3.40. The van der Waals surface area contributed by atoms with Crippen molar-refractivity contribution in [2.45, 2.75) is 70.1 Å². The van der Waals surface area contributed by atoms with Gasteiger partial charge in [0.15, 0.2) is 0 Å². The quantitative estimate of drug-likeness (QED) is 0.700. The topological polar surface area (TPSA) is 102 Å². The third-order valence-corrected chi connectivity index (χ3v) is 5.43. The second kappa shape index (κ2) is 7.15. The molecule has 0 bridgehead atoms. The van der Waals surface area contributed by atoms with Gasteiger partial charge >= 0.3 is 0 Å². The zero-order valence-corrected chi connectivity index (χ0v) is 15.3. The standard InChI is InChI=1S/C18H29N5O2/c1-18(2,11-4-5-11)23-16-14(15(19)24)10-20-17(22-16)21-12-6-8-13(25-3)9-7-12/h10-13H,4-9H2,1-3H3,(H2,19,24)(H2,20,21,22,23)/t12-,13-. The maximum Gasteiger partial charge on any atom is 0.254 e. The Kier molecular flexibility index (Phi) is 5.13. The van der Waals surface area contributed by atoms with E-state index in [0.29, 0.717) is 35.4 Å². The van der Waals surface area contributed by atoms with Crippen molar-refractivity contribution in [3.8, 4) is 0 Å². The van der Waals surface area contributed by atoms with E-state index in [2.05, 4.69) is 34.4 Å². The molecule has 2 aliphatic carbocycles. The van der Waals surface area contributed by atoms with Gasteiger partial charge in [0.05, 0.1) is 11.7 Å². The minimum atomic E-state index is -0.513. The van der Waals surface area contributed by atoms with Gasteiger partial charge in [0.2, 0.25) is 5.95 Å². The minimum absolute atomic E-state index is 0.119. The van der Waals surface area contributed by atoms with Crippen LogP contribution in [0.2, 0.25) is 0 Å². The Labute approximate surface area is 149 Å². The Balaban J connectivity index is 1.72. The van der Waals surface area contributed by atoms with Gasteiger partial charge in [-0.1, -0.05) is 0 Å². The van der Waals surface area contributed by atoms with Crippen LogP contribution in [-0.4, -0.2) is 40.7 Å². The number of rotatable bonds is 7. The van der Waals surface area contributed by atoms with E-state index >= 15 is 0 Å². The van der Waals surface area contributed by atoms with Gasteiger partial charge in [-0.05, 0) is 58.3 Å². The molecule has 3 rings (SSSR count). The van der Waals surface area contributed by atoms with Crippen molar-refractivity contribution in [3.05, 3.63) is 11.8 Å². The average molecular weight is 347 g/mol. The van der Waals surface area contributed by atoms with E-state index in [0.717, 1.165) is 25.7 Å². The highest BCUT2D eigenvalue weighted by Crippen LogP contribution is 2.41. The van der Waals surface area contributed by atoms with E-state index in [1.807, 2.05) is 0 Å². The Morgan fingerprint density at radius 1 is 1.24 bits per heavy atom. The molecule has 25 heavy (non-hydrogen) atoms. The number of aromatic nitrogens is 2. The van der Waals surface area contributed by atoms with E-state index < -0.39 is 5.91 Å². The molecule has 2 fully saturated rings. The molecule has 1 aromatic rings. The van der Waals surface area contributed by atoms with Crippen LogP contribution in [-0.2, 0) is 4.74 Å². The molecule has 0 unspecified atom stereocenters. The van der Waals surface area contributed by atoms with Crippen molar-refractivity contribution in [1.29, 1.82) is 0 Å². The van der Waals surface area contributed by atoms with E-state index in [4.69, 9.17) is 10.5 Å². The lowest BCUT2D eigenvalue weighted by atomic mass is 9.93. The third kappa shape index (κ3) is 4.39. The molecule has 7 nitrogen and oxygen atoms in total. The van der Waals surface area contributed by atoms with Crippen molar-refractivity contribution in [2.24, 2.45) is 11.7 Å². The van der Waals surface area contributed by atoms with Crippen LogP contribution in [0.5, 0.6) is 0 Å². The monoisotopic (exact) mass is 347 g/mol. The number of carbonyl (C=O) groups is 1. The summed E-state index contributed by atoms with van der Waals surface area (Å²) >= 11 is 0. The highest BCUT2D eigenvalue weighted by Gasteiger charge is 2.38. The second-order valence-corrected chi connectivity index (χ2v) is 7.79. The lowest BCUT2D eigenvalue weighted by Crippen LogP contribution is -2.35. The number of nitrogens with two attached hydrogens (primary N) is 1. The van der Waals surface area contributed by atoms with Gasteiger partial charge in [-0.15, -0.1) is 0 Å². The van der Waals surface area contributed by atoms with E-state index in [1.54, 1.807) is 7.11 Å². The Morgan fingerprint density at radius 3 is 2.48 bits per heavy atom. The highest BCUT2D eigenvalue weighted by molar-refractivity contribution is 5.97. The number of primary amides is 1. The number of amides is 1. The van der Waals surface area contributed by atoms with Crippen molar-refractivity contribution in [2.75, 3.05) is 17.7 Å². The molecule has 1 amide bonds. The summed E-state index contributed by atoms with van der Waals surface area (Å²) in [5, 5.41) is 6.80. The molecule has 4 N–H and O–H groups in total. The molecule has 2 saturated carbocycles. The molecular formula is C18H29N5O2. The molecule has 0 saturated heterocycles. The molecule has 0 spiro atoms. The molecule has 138 valence electrons. The minimum Gasteiger partial charge on any atom is -0.381 e. The molecule has 0 radical (unpaired) electrons. The summed E-state index contributed by atoms with van der Waals surface area (Å²) in [6.45, 7) is 4.27. The fourth-order valence-electron chi connectivity index (χ4n) is 3.56. The van der Waals surface area contributed by atoms with Crippen molar-refractivity contribution < 1.29 is 9.53 Å². The molecule has 0 aliphatic heterocycles. The largest absolute Gasteiger partial charge is 0.381 e. The zero-order valence-electron chi connectivity index (χ0n) is 15.3. The van der Waals surface area contributed by atoms with Gasteiger partial charge in [-0.3, -0.25) is 4.79 Å². The summed E-state index contributed by atoms with van der Waals surface area (Å²) in [6, 6.07) is 0.329. The summed E-state index contributed by atoms with van der Waals surface area (Å²) in [6.07, 6.45) is 8.39. The summed E-state index contributed by atoms with van der Waals surface area (Å²) in [7, 11) is 1.77. The van der Waals surface area contributed by atoms with E-state index in [9.17, 15) is 4.79 Å². The molecular weight excluding hydrogens is 318 g/mol. The smallest absolute Gasteiger partial charge is 0.254 e. The molecule has 7 heteroatoms. The van der Waals surface area contributed by atoms with Crippen LogP contribution in [0.15, 0.2) is 6.20 Å². The number of nitrogens with one attached hydrogen (secondary N) is 2. The highest BCUT2D eigenvalue weighted by atomic mass is 16.5. The van der Waals surface area contributed by atoms with Crippen LogP contribution in [0.4, 0.5) is 11.8 Å². The van der Waals surface area contributed by atoms with Gasteiger partial charge in [-0.25, -0.2) is 4.98 Å². The van der Waals surface area contributed by atoms with Crippen LogP contribution < -0.4 is 16.4 Å². The number of hydrogen-bond donors (Lipinski definition) is 3. The van der Waals surface area contributed by atoms with Crippen molar-refractivity contribution >= 4 is 17.7 Å². The summed E-state index contributed by atoms with van der Waals surface area (Å²) in [4.78, 5) is 20.6. The second-order valence-electron chi connectivity index (χ2n) is 7.79. The molecule has 2 aliphatic rings. The number of ether oxygens (including phenoxy) is 1.